The first-order chi connectivity index (χ1) is 13.1. The first kappa shape index (κ1) is 18.1. The van der Waals surface area contributed by atoms with Gasteiger partial charge < -0.3 is 4.74 Å². The second-order valence-corrected chi connectivity index (χ2v) is 5.69. The van der Waals surface area contributed by atoms with Gasteiger partial charge in [0.05, 0.1) is 5.56 Å². The van der Waals surface area contributed by atoms with Gasteiger partial charge in [-0.1, -0.05) is 42.5 Å². The minimum atomic E-state index is -0.550. The predicted octanol–water partition coefficient (Wildman–Crippen LogP) is 3.48. The van der Waals surface area contributed by atoms with Crippen molar-refractivity contribution in [2.24, 2.45) is 0 Å². The van der Waals surface area contributed by atoms with Crippen molar-refractivity contribution in [3.05, 3.63) is 101 Å². The van der Waals surface area contributed by atoms with E-state index in [2.05, 4.69) is 10.9 Å². The van der Waals surface area contributed by atoms with E-state index in [1.807, 2.05) is 30.3 Å². The van der Waals surface area contributed by atoms with Crippen LogP contribution in [0.5, 0.6) is 5.75 Å². The standard InChI is InChI=1S/C21H17FN2O3/c22-17-12-10-16(11-13-17)20(25)23-24-21(26)18-8-4-5-9-19(18)27-14-15-6-2-1-3-7-15/h1-13H,14H2,(H,23,25)(H,24,26). The first-order valence-corrected chi connectivity index (χ1v) is 8.25. The molecule has 0 fully saturated rings. The van der Waals surface area contributed by atoms with Crippen molar-refractivity contribution in [1.82, 2.24) is 10.9 Å². The van der Waals surface area contributed by atoms with Crippen LogP contribution in [-0.4, -0.2) is 11.8 Å². The van der Waals surface area contributed by atoms with Gasteiger partial charge in [0.25, 0.3) is 11.8 Å². The van der Waals surface area contributed by atoms with E-state index in [-0.39, 0.29) is 11.1 Å². The Bertz CT molecular complexity index is 928. The molecule has 3 aromatic carbocycles. The fraction of sp³-hybridized carbons (Fsp3) is 0.0476. The van der Waals surface area contributed by atoms with Crippen LogP contribution in [0.2, 0.25) is 0 Å². The Hall–Kier alpha value is -3.67. The lowest BCUT2D eigenvalue weighted by molar-refractivity contribution is 0.0844. The van der Waals surface area contributed by atoms with Gasteiger partial charge in [-0.2, -0.15) is 0 Å². The molecule has 0 bridgehead atoms. The number of ether oxygens (including phenoxy) is 1. The van der Waals surface area contributed by atoms with Crippen LogP contribution < -0.4 is 15.6 Å². The second-order valence-electron chi connectivity index (χ2n) is 5.69. The molecular formula is C21H17FN2O3. The number of halogens is 1. The van der Waals surface area contributed by atoms with Gasteiger partial charge in [0.1, 0.15) is 18.2 Å². The van der Waals surface area contributed by atoms with E-state index in [0.29, 0.717) is 12.4 Å². The van der Waals surface area contributed by atoms with E-state index >= 15 is 0 Å². The number of hydrogen-bond donors (Lipinski definition) is 2. The highest BCUT2D eigenvalue weighted by Gasteiger charge is 2.14. The summed E-state index contributed by atoms with van der Waals surface area (Å²) in [5.74, 6) is -1.12. The van der Waals surface area contributed by atoms with Crippen LogP contribution >= 0.6 is 0 Å². The largest absolute Gasteiger partial charge is 0.488 e. The van der Waals surface area contributed by atoms with Crippen molar-refractivity contribution >= 4 is 11.8 Å². The number of amides is 2. The Labute approximate surface area is 155 Å². The summed E-state index contributed by atoms with van der Waals surface area (Å²) in [5, 5.41) is 0. The number of hydrogen-bond acceptors (Lipinski definition) is 3. The van der Waals surface area contributed by atoms with E-state index in [1.54, 1.807) is 24.3 Å². The molecule has 2 amide bonds. The highest BCUT2D eigenvalue weighted by Crippen LogP contribution is 2.19. The average molecular weight is 364 g/mol. The maximum Gasteiger partial charge on any atom is 0.273 e. The number of hydrazine groups is 1. The van der Waals surface area contributed by atoms with Gasteiger partial charge >= 0.3 is 0 Å². The lowest BCUT2D eigenvalue weighted by Crippen LogP contribution is -2.41. The minimum Gasteiger partial charge on any atom is -0.488 e. The molecule has 0 aliphatic carbocycles. The average Bonchev–Trinajstić information content (AvgIpc) is 2.71. The Morgan fingerprint density at radius 2 is 1.41 bits per heavy atom. The van der Waals surface area contributed by atoms with E-state index in [4.69, 9.17) is 4.74 Å². The van der Waals surface area contributed by atoms with Crippen LogP contribution in [0.15, 0.2) is 78.9 Å². The first-order valence-electron chi connectivity index (χ1n) is 8.25. The van der Waals surface area contributed by atoms with Crippen molar-refractivity contribution < 1.29 is 18.7 Å². The summed E-state index contributed by atoms with van der Waals surface area (Å²) < 4.78 is 18.6. The van der Waals surface area contributed by atoms with Gasteiger partial charge in [-0.05, 0) is 42.0 Å². The Morgan fingerprint density at radius 1 is 0.778 bits per heavy atom. The van der Waals surface area contributed by atoms with Crippen molar-refractivity contribution in [1.29, 1.82) is 0 Å². The van der Waals surface area contributed by atoms with Crippen LogP contribution in [0, 0.1) is 5.82 Å². The van der Waals surface area contributed by atoms with Crippen LogP contribution in [0.3, 0.4) is 0 Å². The fourth-order valence-electron chi connectivity index (χ4n) is 2.37. The van der Waals surface area contributed by atoms with Gasteiger partial charge in [0, 0.05) is 5.56 Å². The Kier molecular flexibility index (Phi) is 5.79. The lowest BCUT2D eigenvalue weighted by atomic mass is 10.2. The summed E-state index contributed by atoms with van der Waals surface area (Å²) in [6.07, 6.45) is 0. The summed E-state index contributed by atoms with van der Waals surface area (Å²) in [4.78, 5) is 24.4. The van der Waals surface area contributed by atoms with Crippen molar-refractivity contribution in [2.45, 2.75) is 6.61 Å². The quantitative estimate of drug-likeness (QED) is 0.681. The molecule has 0 aliphatic rings. The monoisotopic (exact) mass is 364 g/mol. The maximum absolute atomic E-state index is 12.9. The number of carbonyl (C=O) groups excluding carboxylic acids is 2. The molecule has 0 atom stereocenters. The summed E-state index contributed by atoms with van der Waals surface area (Å²) in [6, 6.07) is 21.3. The topological polar surface area (TPSA) is 67.4 Å². The molecule has 0 heterocycles. The van der Waals surface area contributed by atoms with Crippen LogP contribution in [0.4, 0.5) is 4.39 Å². The fourth-order valence-corrected chi connectivity index (χ4v) is 2.37. The van der Waals surface area contributed by atoms with Crippen LogP contribution in [-0.2, 0) is 6.61 Å². The van der Waals surface area contributed by atoms with E-state index in [1.165, 1.54) is 24.3 Å². The maximum atomic E-state index is 12.9. The molecule has 27 heavy (non-hydrogen) atoms. The number of para-hydroxylation sites is 1. The van der Waals surface area contributed by atoms with Gasteiger partial charge in [-0.25, -0.2) is 4.39 Å². The second kappa shape index (κ2) is 8.62. The van der Waals surface area contributed by atoms with Crippen molar-refractivity contribution in [3.8, 4) is 5.75 Å². The van der Waals surface area contributed by atoms with Gasteiger partial charge in [0.2, 0.25) is 0 Å². The molecule has 136 valence electrons. The molecule has 2 N–H and O–H groups in total. The van der Waals surface area contributed by atoms with Crippen molar-refractivity contribution in [2.75, 3.05) is 0 Å². The van der Waals surface area contributed by atoms with Gasteiger partial charge in [-0.3, -0.25) is 20.4 Å². The molecule has 3 rings (SSSR count). The Morgan fingerprint density at radius 3 is 2.15 bits per heavy atom. The zero-order chi connectivity index (χ0) is 19.1. The molecule has 0 spiro atoms. The van der Waals surface area contributed by atoms with E-state index in [9.17, 15) is 14.0 Å². The number of carbonyl (C=O) groups is 2. The number of benzene rings is 3. The van der Waals surface area contributed by atoms with Crippen molar-refractivity contribution in [3.63, 3.8) is 0 Å². The predicted molar refractivity (Wildman–Crippen MR) is 98.5 cm³/mol. The summed E-state index contributed by atoms with van der Waals surface area (Å²) in [6.45, 7) is 0.313. The summed E-state index contributed by atoms with van der Waals surface area (Å²) in [7, 11) is 0. The third-order valence-electron chi connectivity index (χ3n) is 3.76. The SMILES string of the molecule is O=C(NNC(=O)c1ccccc1OCc1ccccc1)c1ccc(F)cc1. The molecule has 0 radical (unpaired) electrons. The molecule has 5 nitrogen and oxygen atoms in total. The number of rotatable bonds is 5. The third kappa shape index (κ3) is 4.92. The molecule has 0 aliphatic heterocycles. The van der Waals surface area contributed by atoms with Gasteiger partial charge in [0.15, 0.2) is 0 Å². The zero-order valence-corrected chi connectivity index (χ0v) is 14.3. The molecule has 0 saturated heterocycles. The highest BCUT2D eigenvalue weighted by atomic mass is 19.1. The molecule has 0 unspecified atom stereocenters. The molecule has 0 saturated carbocycles. The van der Waals surface area contributed by atoms with Crippen LogP contribution in [0.25, 0.3) is 0 Å². The van der Waals surface area contributed by atoms with Gasteiger partial charge in [-0.15, -0.1) is 0 Å². The molecule has 0 aromatic heterocycles. The number of nitrogens with one attached hydrogen (secondary N) is 2. The third-order valence-corrected chi connectivity index (χ3v) is 3.76. The molecular weight excluding hydrogens is 347 g/mol. The molecule has 6 heteroatoms. The minimum absolute atomic E-state index is 0.227. The lowest BCUT2D eigenvalue weighted by Gasteiger charge is -2.12. The Balaban J connectivity index is 1.62. The highest BCUT2D eigenvalue weighted by molar-refractivity contribution is 6.00. The normalized spacial score (nSPS) is 10.1. The summed E-state index contributed by atoms with van der Waals surface area (Å²) >= 11 is 0. The smallest absolute Gasteiger partial charge is 0.273 e. The molecule has 3 aromatic rings. The zero-order valence-electron chi connectivity index (χ0n) is 14.3. The summed E-state index contributed by atoms with van der Waals surface area (Å²) in [5.41, 5.74) is 6.12. The van der Waals surface area contributed by atoms with E-state index in [0.717, 1.165) is 5.56 Å². The van der Waals surface area contributed by atoms with E-state index < -0.39 is 17.6 Å². The van der Waals surface area contributed by atoms with Crippen LogP contribution in [0.1, 0.15) is 26.3 Å².